The molecule has 0 amide bonds. The summed E-state index contributed by atoms with van der Waals surface area (Å²) in [7, 11) is 1.96. The first-order valence-corrected chi connectivity index (χ1v) is 6.56. The summed E-state index contributed by atoms with van der Waals surface area (Å²) < 4.78 is 7.75. The van der Waals surface area contributed by atoms with E-state index >= 15 is 0 Å². The molecule has 96 valence electrons. The van der Waals surface area contributed by atoms with E-state index in [4.69, 9.17) is 4.74 Å². The van der Waals surface area contributed by atoms with Crippen molar-refractivity contribution in [3.05, 3.63) is 18.0 Å². The summed E-state index contributed by atoms with van der Waals surface area (Å²) in [6, 6.07) is 0.279. The minimum absolute atomic E-state index is 0.279. The van der Waals surface area contributed by atoms with Gasteiger partial charge in [0.05, 0.1) is 18.3 Å². The van der Waals surface area contributed by atoms with Gasteiger partial charge in [-0.25, -0.2) is 0 Å². The molecular weight excluding hydrogens is 214 g/mol. The zero-order chi connectivity index (χ0) is 12.3. The monoisotopic (exact) mass is 237 g/mol. The first kappa shape index (κ1) is 12.6. The molecule has 0 aliphatic carbocycles. The molecule has 0 radical (unpaired) electrons. The molecular formula is C13H23N3O. The third-order valence-corrected chi connectivity index (χ3v) is 3.47. The van der Waals surface area contributed by atoms with Gasteiger partial charge in [-0.2, -0.15) is 5.10 Å². The van der Waals surface area contributed by atoms with E-state index in [1.807, 2.05) is 17.9 Å². The van der Waals surface area contributed by atoms with Crippen molar-refractivity contribution >= 4 is 0 Å². The van der Waals surface area contributed by atoms with E-state index in [0.29, 0.717) is 5.92 Å². The van der Waals surface area contributed by atoms with Gasteiger partial charge in [-0.3, -0.25) is 4.68 Å². The Morgan fingerprint density at radius 1 is 1.65 bits per heavy atom. The molecule has 4 heteroatoms. The number of aryl methyl sites for hydroxylation is 1. The van der Waals surface area contributed by atoms with E-state index in [9.17, 15) is 0 Å². The molecule has 0 spiro atoms. The SMILES string of the molecule is CCCNC(c1cnn(C)c1)C1OCCC1C. The lowest BCUT2D eigenvalue weighted by atomic mass is 9.94. The fourth-order valence-corrected chi connectivity index (χ4v) is 2.47. The van der Waals surface area contributed by atoms with Crippen LogP contribution in [0.1, 0.15) is 38.3 Å². The summed E-state index contributed by atoms with van der Waals surface area (Å²) in [5, 5.41) is 7.86. The molecule has 17 heavy (non-hydrogen) atoms. The normalized spacial score (nSPS) is 26.3. The van der Waals surface area contributed by atoms with Gasteiger partial charge in [0.1, 0.15) is 0 Å². The number of ether oxygens (including phenoxy) is 1. The summed E-state index contributed by atoms with van der Waals surface area (Å²) in [4.78, 5) is 0. The maximum absolute atomic E-state index is 5.89. The molecule has 1 aliphatic rings. The third-order valence-electron chi connectivity index (χ3n) is 3.47. The van der Waals surface area contributed by atoms with Crippen molar-refractivity contribution in [3.63, 3.8) is 0 Å². The highest BCUT2D eigenvalue weighted by Crippen LogP contribution is 2.31. The molecule has 2 rings (SSSR count). The quantitative estimate of drug-likeness (QED) is 0.850. The highest BCUT2D eigenvalue weighted by atomic mass is 16.5. The van der Waals surface area contributed by atoms with Crippen LogP contribution in [0.5, 0.6) is 0 Å². The van der Waals surface area contributed by atoms with E-state index in [-0.39, 0.29) is 12.1 Å². The maximum atomic E-state index is 5.89. The largest absolute Gasteiger partial charge is 0.376 e. The van der Waals surface area contributed by atoms with Crippen LogP contribution in [0.4, 0.5) is 0 Å². The van der Waals surface area contributed by atoms with Crippen LogP contribution >= 0.6 is 0 Å². The van der Waals surface area contributed by atoms with Gasteiger partial charge >= 0.3 is 0 Å². The molecule has 1 saturated heterocycles. The predicted octanol–water partition coefficient (Wildman–Crippen LogP) is 1.89. The third kappa shape index (κ3) is 2.87. The fourth-order valence-electron chi connectivity index (χ4n) is 2.47. The molecule has 2 heterocycles. The van der Waals surface area contributed by atoms with Crippen LogP contribution in [0, 0.1) is 5.92 Å². The maximum Gasteiger partial charge on any atom is 0.0797 e. The van der Waals surface area contributed by atoms with E-state index < -0.39 is 0 Å². The average molecular weight is 237 g/mol. The summed E-state index contributed by atoms with van der Waals surface area (Å²) in [5.74, 6) is 0.615. The topological polar surface area (TPSA) is 39.1 Å². The van der Waals surface area contributed by atoms with Crippen molar-refractivity contribution in [1.29, 1.82) is 0 Å². The van der Waals surface area contributed by atoms with Crippen LogP contribution in [0.25, 0.3) is 0 Å². The van der Waals surface area contributed by atoms with Crippen molar-refractivity contribution in [3.8, 4) is 0 Å². The van der Waals surface area contributed by atoms with Crippen LogP contribution in [-0.4, -0.2) is 29.0 Å². The molecule has 1 fully saturated rings. The van der Waals surface area contributed by atoms with E-state index in [1.54, 1.807) is 0 Å². The first-order chi connectivity index (χ1) is 8.22. The van der Waals surface area contributed by atoms with Crippen LogP contribution in [-0.2, 0) is 11.8 Å². The van der Waals surface area contributed by atoms with E-state index in [1.165, 1.54) is 5.56 Å². The molecule has 1 aromatic heterocycles. The summed E-state index contributed by atoms with van der Waals surface area (Å²) in [5.41, 5.74) is 1.24. The molecule has 1 aromatic rings. The average Bonchev–Trinajstić information content (AvgIpc) is 2.90. The second-order valence-electron chi connectivity index (χ2n) is 4.98. The van der Waals surface area contributed by atoms with E-state index in [0.717, 1.165) is 26.0 Å². The Morgan fingerprint density at radius 2 is 2.47 bits per heavy atom. The van der Waals surface area contributed by atoms with Gasteiger partial charge in [-0.1, -0.05) is 13.8 Å². The minimum atomic E-state index is 0.279. The molecule has 3 unspecified atom stereocenters. The van der Waals surface area contributed by atoms with Crippen LogP contribution in [0.3, 0.4) is 0 Å². The Bertz CT molecular complexity index is 350. The number of nitrogens with one attached hydrogen (secondary N) is 1. The molecule has 4 nitrogen and oxygen atoms in total. The van der Waals surface area contributed by atoms with Crippen molar-refractivity contribution in [2.24, 2.45) is 13.0 Å². The lowest BCUT2D eigenvalue weighted by molar-refractivity contribution is 0.0607. The molecule has 1 aliphatic heterocycles. The number of aromatic nitrogens is 2. The number of rotatable bonds is 5. The van der Waals surface area contributed by atoms with Crippen LogP contribution in [0.2, 0.25) is 0 Å². The lowest BCUT2D eigenvalue weighted by Crippen LogP contribution is -2.35. The summed E-state index contributed by atoms with van der Waals surface area (Å²) in [6.45, 7) is 6.36. The number of hydrogen-bond acceptors (Lipinski definition) is 3. The van der Waals surface area contributed by atoms with Crippen molar-refractivity contribution < 1.29 is 4.74 Å². The number of hydrogen-bond donors (Lipinski definition) is 1. The Hall–Kier alpha value is -0.870. The van der Waals surface area contributed by atoms with Gasteiger partial charge in [-0.05, 0) is 25.3 Å². The smallest absolute Gasteiger partial charge is 0.0797 e. The van der Waals surface area contributed by atoms with Crippen LogP contribution in [0.15, 0.2) is 12.4 Å². The Kier molecular flexibility index (Phi) is 4.18. The van der Waals surface area contributed by atoms with Crippen molar-refractivity contribution in [1.82, 2.24) is 15.1 Å². The highest BCUT2D eigenvalue weighted by Gasteiger charge is 2.33. The van der Waals surface area contributed by atoms with Gasteiger partial charge in [0.25, 0.3) is 0 Å². The lowest BCUT2D eigenvalue weighted by Gasteiger charge is -2.26. The zero-order valence-corrected chi connectivity index (χ0v) is 11.0. The molecule has 0 saturated carbocycles. The Labute approximate surface area is 103 Å². The van der Waals surface area contributed by atoms with Gasteiger partial charge in [-0.15, -0.1) is 0 Å². The summed E-state index contributed by atoms with van der Waals surface area (Å²) >= 11 is 0. The minimum Gasteiger partial charge on any atom is -0.376 e. The van der Waals surface area contributed by atoms with Gasteiger partial charge in [0.15, 0.2) is 0 Å². The highest BCUT2D eigenvalue weighted by molar-refractivity contribution is 5.13. The van der Waals surface area contributed by atoms with E-state index in [2.05, 4.69) is 30.5 Å². The predicted molar refractivity (Wildman–Crippen MR) is 67.8 cm³/mol. The van der Waals surface area contributed by atoms with Crippen molar-refractivity contribution in [2.45, 2.75) is 38.8 Å². The first-order valence-electron chi connectivity index (χ1n) is 6.56. The van der Waals surface area contributed by atoms with Crippen molar-refractivity contribution in [2.75, 3.05) is 13.2 Å². The standard InChI is InChI=1S/C13H23N3O/c1-4-6-14-12(11-8-15-16(3)9-11)13-10(2)5-7-17-13/h8-10,12-14H,4-7H2,1-3H3. The van der Waals surface area contributed by atoms with Gasteiger partial charge in [0, 0.05) is 25.4 Å². The Morgan fingerprint density at radius 3 is 3.00 bits per heavy atom. The Balaban J connectivity index is 2.12. The molecule has 0 aromatic carbocycles. The summed E-state index contributed by atoms with van der Waals surface area (Å²) in [6.07, 6.45) is 6.61. The fraction of sp³-hybridized carbons (Fsp3) is 0.769. The van der Waals surface area contributed by atoms with Crippen LogP contribution < -0.4 is 5.32 Å². The molecule has 0 bridgehead atoms. The molecule has 1 N–H and O–H groups in total. The van der Waals surface area contributed by atoms with Gasteiger partial charge < -0.3 is 10.1 Å². The molecule has 3 atom stereocenters. The zero-order valence-electron chi connectivity index (χ0n) is 11.0. The second-order valence-corrected chi connectivity index (χ2v) is 4.98. The van der Waals surface area contributed by atoms with Gasteiger partial charge in [0.2, 0.25) is 0 Å². The second kappa shape index (κ2) is 5.65. The number of nitrogens with zero attached hydrogens (tertiary/aromatic N) is 2.